The SMILES string of the molecule is CCOc1ccc(OCCN2C(=O)N[C@@]3(CCOc4ccccc43)C2=O)cc1. The molecule has 1 atom stereocenters. The van der Waals surface area contributed by atoms with E-state index < -0.39 is 11.6 Å². The summed E-state index contributed by atoms with van der Waals surface area (Å²) in [7, 11) is 0. The number of nitrogens with one attached hydrogen (secondary N) is 1. The van der Waals surface area contributed by atoms with Gasteiger partial charge in [-0.05, 0) is 37.3 Å². The maximum atomic E-state index is 13.1. The number of para-hydroxylation sites is 1. The molecule has 146 valence electrons. The summed E-state index contributed by atoms with van der Waals surface area (Å²) in [6.07, 6.45) is 0.408. The van der Waals surface area contributed by atoms with Gasteiger partial charge in [0.15, 0.2) is 5.54 Å². The van der Waals surface area contributed by atoms with Gasteiger partial charge >= 0.3 is 6.03 Å². The van der Waals surface area contributed by atoms with Gasteiger partial charge < -0.3 is 19.5 Å². The van der Waals surface area contributed by atoms with Gasteiger partial charge in [-0.25, -0.2) is 4.79 Å². The van der Waals surface area contributed by atoms with Crippen LogP contribution >= 0.6 is 0 Å². The Labute approximate surface area is 163 Å². The van der Waals surface area contributed by atoms with Crippen molar-refractivity contribution in [1.82, 2.24) is 10.2 Å². The second-order valence-corrected chi connectivity index (χ2v) is 6.64. The molecule has 2 heterocycles. The number of fused-ring (bicyclic) bond motifs is 2. The highest BCUT2D eigenvalue weighted by Gasteiger charge is 2.54. The van der Waals surface area contributed by atoms with E-state index >= 15 is 0 Å². The second kappa shape index (κ2) is 7.42. The number of urea groups is 1. The van der Waals surface area contributed by atoms with Crippen LogP contribution in [0.5, 0.6) is 17.2 Å². The zero-order chi connectivity index (χ0) is 19.6. The van der Waals surface area contributed by atoms with Gasteiger partial charge in [0.2, 0.25) is 0 Å². The summed E-state index contributed by atoms with van der Waals surface area (Å²) in [5.74, 6) is 1.80. The van der Waals surface area contributed by atoms with Crippen molar-refractivity contribution < 1.29 is 23.8 Å². The third-order valence-corrected chi connectivity index (χ3v) is 4.98. The molecule has 1 saturated heterocycles. The maximum absolute atomic E-state index is 13.1. The number of amides is 3. The predicted octanol–water partition coefficient (Wildman–Crippen LogP) is 2.69. The fraction of sp³-hybridized carbons (Fsp3) is 0.333. The van der Waals surface area contributed by atoms with E-state index in [4.69, 9.17) is 14.2 Å². The molecule has 3 amide bonds. The van der Waals surface area contributed by atoms with Gasteiger partial charge in [-0.3, -0.25) is 9.69 Å². The fourth-order valence-corrected chi connectivity index (χ4v) is 3.63. The molecule has 1 fully saturated rings. The lowest BCUT2D eigenvalue weighted by Gasteiger charge is -2.33. The minimum atomic E-state index is -1.05. The van der Waals surface area contributed by atoms with Gasteiger partial charge in [0, 0.05) is 12.0 Å². The van der Waals surface area contributed by atoms with Crippen molar-refractivity contribution >= 4 is 11.9 Å². The van der Waals surface area contributed by atoms with E-state index in [-0.39, 0.29) is 19.1 Å². The minimum absolute atomic E-state index is 0.169. The van der Waals surface area contributed by atoms with Crippen LogP contribution in [0.4, 0.5) is 4.79 Å². The van der Waals surface area contributed by atoms with Crippen molar-refractivity contribution in [3.05, 3.63) is 54.1 Å². The quantitative estimate of drug-likeness (QED) is 0.778. The van der Waals surface area contributed by atoms with Gasteiger partial charge in [-0.2, -0.15) is 0 Å². The van der Waals surface area contributed by atoms with Crippen molar-refractivity contribution in [2.45, 2.75) is 18.9 Å². The lowest BCUT2D eigenvalue weighted by Crippen LogP contribution is -2.47. The molecule has 28 heavy (non-hydrogen) atoms. The van der Waals surface area contributed by atoms with E-state index in [0.717, 1.165) is 5.75 Å². The van der Waals surface area contributed by atoms with Crippen molar-refractivity contribution in [2.75, 3.05) is 26.4 Å². The summed E-state index contributed by atoms with van der Waals surface area (Å²) in [5.41, 5.74) is -0.347. The van der Waals surface area contributed by atoms with Crippen molar-refractivity contribution in [3.63, 3.8) is 0 Å². The zero-order valence-corrected chi connectivity index (χ0v) is 15.6. The van der Waals surface area contributed by atoms with Crippen LogP contribution in [-0.4, -0.2) is 43.2 Å². The summed E-state index contributed by atoms with van der Waals surface area (Å²) in [4.78, 5) is 26.9. The van der Waals surface area contributed by atoms with Crippen LogP contribution < -0.4 is 19.5 Å². The van der Waals surface area contributed by atoms with E-state index in [0.29, 0.717) is 36.7 Å². The third kappa shape index (κ3) is 3.13. The van der Waals surface area contributed by atoms with Crippen LogP contribution in [-0.2, 0) is 10.3 Å². The Bertz CT molecular complexity index is 883. The molecule has 4 rings (SSSR count). The van der Waals surface area contributed by atoms with Gasteiger partial charge in [0.25, 0.3) is 5.91 Å². The first-order valence-corrected chi connectivity index (χ1v) is 9.36. The number of hydrogen-bond donors (Lipinski definition) is 1. The molecular weight excluding hydrogens is 360 g/mol. The number of benzene rings is 2. The van der Waals surface area contributed by atoms with E-state index in [1.807, 2.05) is 43.3 Å². The molecule has 1 spiro atoms. The van der Waals surface area contributed by atoms with Crippen LogP contribution in [0.25, 0.3) is 0 Å². The van der Waals surface area contributed by atoms with E-state index in [2.05, 4.69) is 5.32 Å². The molecule has 2 aromatic carbocycles. The van der Waals surface area contributed by atoms with Crippen LogP contribution in [0, 0.1) is 0 Å². The Kier molecular flexibility index (Phi) is 4.81. The minimum Gasteiger partial charge on any atom is -0.494 e. The first-order chi connectivity index (χ1) is 13.6. The number of imide groups is 1. The highest BCUT2D eigenvalue weighted by Crippen LogP contribution is 2.40. The number of hydrogen-bond acceptors (Lipinski definition) is 5. The largest absolute Gasteiger partial charge is 0.494 e. The van der Waals surface area contributed by atoms with E-state index in [1.165, 1.54) is 4.90 Å². The molecule has 2 aliphatic rings. The zero-order valence-electron chi connectivity index (χ0n) is 15.6. The molecule has 7 heteroatoms. The lowest BCUT2D eigenvalue weighted by molar-refractivity contribution is -0.132. The van der Waals surface area contributed by atoms with Crippen molar-refractivity contribution in [2.24, 2.45) is 0 Å². The Morgan fingerprint density at radius 1 is 1.07 bits per heavy atom. The Balaban J connectivity index is 1.43. The average molecular weight is 382 g/mol. The number of ether oxygens (including phenoxy) is 3. The topological polar surface area (TPSA) is 77.1 Å². The van der Waals surface area contributed by atoms with Gasteiger partial charge in [-0.1, -0.05) is 18.2 Å². The first-order valence-electron chi connectivity index (χ1n) is 9.36. The number of carbonyl (C=O) groups is 2. The normalized spacial score (nSPS) is 20.5. The monoisotopic (exact) mass is 382 g/mol. The lowest BCUT2D eigenvalue weighted by atomic mass is 9.84. The second-order valence-electron chi connectivity index (χ2n) is 6.64. The molecule has 2 aromatic rings. The van der Waals surface area contributed by atoms with Crippen molar-refractivity contribution in [1.29, 1.82) is 0 Å². The first kappa shape index (κ1) is 18.2. The molecule has 0 bridgehead atoms. The average Bonchev–Trinajstić information content (AvgIpc) is 2.94. The molecule has 0 aromatic heterocycles. The van der Waals surface area contributed by atoms with Crippen molar-refractivity contribution in [3.8, 4) is 17.2 Å². The highest BCUT2D eigenvalue weighted by molar-refractivity contribution is 6.08. The predicted molar refractivity (Wildman–Crippen MR) is 102 cm³/mol. The van der Waals surface area contributed by atoms with Gasteiger partial charge in [-0.15, -0.1) is 0 Å². The Morgan fingerprint density at radius 3 is 2.54 bits per heavy atom. The molecule has 0 saturated carbocycles. The van der Waals surface area contributed by atoms with Crippen LogP contribution in [0.3, 0.4) is 0 Å². The Morgan fingerprint density at radius 2 is 1.79 bits per heavy atom. The summed E-state index contributed by atoms with van der Waals surface area (Å²) < 4.78 is 16.7. The van der Waals surface area contributed by atoms with Crippen LogP contribution in [0.15, 0.2) is 48.5 Å². The standard InChI is InChI=1S/C21H22N2O5/c1-2-26-15-7-9-16(10-8-15)27-14-12-23-19(24)21(22-20(23)25)11-13-28-18-6-4-3-5-17(18)21/h3-10H,2,11-14H2,1H3,(H,22,25)/t21-/m1/s1. The van der Waals surface area contributed by atoms with Gasteiger partial charge in [0.05, 0.1) is 19.8 Å². The molecular formula is C21H22N2O5. The number of carbonyl (C=O) groups excluding carboxylic acids is 2. The summed E-state index contributed by atoms with van der Waals surface area (Å²) in [6, 6.07) is 14.2. The van der Waals surface area contributed by atoms with E-state index in [9.17, 15) is 9.59 Å². The maximum Gasteiger partial charge on any atom is 0.325 e. The number of nitrogens with zero attached hydrogens (tertiary/aromatic N) is 1. The van der Waals surface area contributed by atoms with Crippen LogP contribution in [0.1, 0.15) is 18.9 Å². The molecule has 2 aliphatic heterocycles. The molecule has 0 radical (unpaired) electrons. The van der Waals surface area contributed by atoms with Gasteiger partial charge in [0.1, 0.15) is 23.9 Å². The number of rotatable bonds is 6. The van der Waals surface area contributed by atoms with E-state index in [1.54, 1.807) is 12.1 Å². The third-order valence-electron chi connectivity index (χ3n) is 4.98. The Hall–Kier alpha value is -3.22. The summed E-state index contributed by atoms with van der Waals surface area (Å²) in [6.45, 7) is 3.28. The highest BCUT2D eigenvalue weighted by atomic mass is 16.5. The molecule has 0 unspecified atom stereocenters. The smallest absolute Gasteiger partial charge is 0.325 e. The summed E-state index contributed by atoms with van der Waals surface area (Å²) in [5, 5.41) is 2.88. The van der Waals surface area contributed by atoms with Crippen LogP contribution in [0.2, 0.25) is 0 Å². The molecule has 0 aliphatic carbocycles. The molecule has 7 nitrogen and oxygen atoms in total. The fourth-order valence-electron chi connectivity index (χ4n) is 3.63. The molecule has 1 N–H and O–H groups in total. The summed E-state index contributed by atoms with van der Waals surface area (Å²) >= 11 is 0.